The van der Waals surface area contributed by atoms with Crippen molar-refractivity contribution in [2.24, 2.45) is 5.92 Å². The van der Waals surface area contributed by atoms with E-state index in [0.717, 1.165) is 36.1 Å². The number of hydrogen-bond donors (Lipinski definition) is 0. The Labute approximate surface area is 174 Å². The van der Waals surface area contributed by atoms with E-state index in [2.05, 4.69) is 26.0 Å². The van der Waals surface area contributed by atoms with E-state index in [0.29, 0.717) is 5.92 Å². The van der Waals surface area contributed by atoms with Gasteiger partial charge in [-0.3, -0.25) is 0 Å². The van der Waals surface area contributed by atoms with E-state index in [1.165, 1.54) is 11.6 Å². The Bertz CT molecular complexity index is 1060. The monoisotopic (exact) mass is 405 g/mol. The van der Waals surface area contributed by atoms with Gasteiger partial charge in [0.2, 0.25) is 0 Å². The summed E-state index contributed by atoms with van der Waals surface area (Å²) in [7, 11) is 0. The first kappa shape index (κ1) is 21.2. The number of carbonyl (C=O) groups excluding carboxylic acids is 1. The van der Waals surface area contributed by atoms with Gasteiger partial charge in [0.25, 0.3) is 0 Å². The summed E-state index contributed by atoms with van der Waals surface area (Å²) in [6.45, 7) is 4.41. The number of nitrogens with zero attached hydrogens (tertiary/aromatic N) is 1. The molecular weight excluding hydrogens is 384 g/mol. The van der Waals surface area contributed by atoms with Crippen molar-refractivity contribution in [3.05, 3.63) is 89.0 Å². The molecule has 3 rings (SSSR count). The molecule has 0 aliphatic heterocycles. The van der Waals surface area contributed by atoms with Crippen molar-refractivity contribution in [1.82, 2.24) is 0 Å². The summed E-state index contributed by atoms with van der Waals surface area (Å²) < 4.78 is 32.4. The van der Waals surface area contributed by atoms with Crippen molar-refractivity contribution in [3.63, 3.8) is 0 Å². The van der Waals surface area contributed by atoms with E-state index >= 15 is 0 Å². The molecule has 3 aromatic rings. The van der Waals surface area contributed by atoms with E-state index in [4.69, 9.17) is 10.00 Å². The highest BCUT2D eigenvalue weighted by Gasteiger charge is 2.15. The first-order valence-electron chi connectivity index (χ1n) is 9.72. The van der Waals surface area contributed by atoms with Gasteiger partial charge in [-0.2, -0.15) is 5.26 Å². The summed E-state index contributed by atoms with van der Waals surface area (Å²) >= 11 is 0. The molecule has 0 aromatic heterocycles. The van der Waals surface area contributed by atoms with Crippen molar-refractivity contribution >= 4 is 5.97 Å². The van der Waals surface area contributed by atoms with Crippen LogP contribution in [0.3, 0.4) is 0 Å². The minimum atomic E-state index is -1.08. The molecule has 1 atom stereocenters. The van der Waals surface area contributed by atoms with Crippen LogP contribution in [0.2, 0.25) is 0 Å². The fraction of sp³-hybridized carbons (Fsp3) is 0.200. The van der Waals surface area contributed by atoms with E-state index in [9.17, 15) is 13.6 Å². The normalized spacial score (nSPS) is 11.6. The molecule has 3 nitrogen and oxygen atoms in total. The lowest BCUT2D eigenvalue weighted by Gasteiger charge is -2.10. The van der Waals surface area contributed by atoms with Gasteiger partial charge in [0, 0.05) is 12.1 Å². The molecule has 0 spiro atoms. The number of ether oxygens (including phenoxy) is 1. The minimum Gasteiger partial charge on any atom is -0.423 e. The van der Waals surface area contributed by atoms with E-state index in [-0.39, 0.29) is 11.3 Å². The van der Waals surface area contributed by atoms with Crippen LogP contribution < -0.4 is 4.74 Å². The molecule has 0 saturated heterocycles. The topological polar surface area (TPSA) is 50.1 Å². The number of rotatable bonds is 6. The van der Waals surface area contributed by atoms with Crippen molar-refractivity contribution < 1.29 is 18.3 Å². The number of carbonyl (C=O) groups is 1. The summed E-state index contributed by atoms with van der Waals surface area (Å²) in [6, 6.07) is 18.1. The van der Waals surface area contributed by atoms with Gasteiger partial charge in [0.05, 0.1) is 5.56 Å². The average molecular weight is 405 g/mol. The standard InChI is InChI=1S/C25H21F2NO2/c1-3-16(2)12-17-4-6-18(7-5-17)19-8-10-20(11-9-19)25(29)30-21-13-23(26)22(15-28)24(27)14-21/h4-11,13-14,16H,3,12H2,1-2H3. The molecule has 5 heteroatoms. The predicted octanol–water partition coefficient (Wildman–Crippen LogP) is 6.31. The highest BCUT2D eigenvalue weighted by molar-refractivity contribution is 5.91. The molecule has 0 N–H and O–H groups in total. The second kappa shape index (κ2) is 9.32. The van der Waals surface area contributed by atoms with Crippen molar-refractivity contribution in [2.45, 2.75) is 26.7 Å². The van der Waals surface area contributed by atoms with Crippen molar-refractivity contribution in [1.29, 1.82) is 5.26 Å². The van der Waals surface area contributed by atoms with Gasteiger partial charge in [0.15, 0.2) is 0 Å². The third kappa shape index (κ3) is 4.90. The number of esters is 1. The van der Waals surface area contributed by atoms with E-state index in [1.54, 1.807) is 24.3 Å². The summed E-state index contributed by atoms with van der Waals surface area (Å²) in [5.41, 5.74) is 2.79. The summed E-state index contributed by atoms with van der Waals surface area (Å²) in [6.07, 6.45) is 2.18. The fourth-order valence-electron chi connectivity index (χ4n) is 3.06. The van der Waals surface area contributed by atoms with Crippen LogP contribution in [0.25, 0.3) is 11.1 Å². The Morgan fingerprint density at radius 2 is 1.53 bits per heavy atom. The first-order chi connectivity index (χ1) is 14.4. The third-order valence-electron chi connectivity index (χ3n) is 5.03. The Hall–Kier alpha value is -3.52. The van der Waals surface area contributed by atoms with Crippen LogP contribution in [0.5, 0.6) is 5.75 Å². The van der Waals surface area contributed by atoms with Crippen LogP contribution in [-0.4, -0.2) is 5.97 Å². The molecule has 152 valence electrons. The summed E-state index contributed by atoms with van der Waals surface area (Å²) in [4.78, 5) is 12.3. The fourth-order valence-corrected chi connectivity index (χ4v) is 3.06. The zero-order valence-electron chi connectivity index (χ0n) is 16.8. The molecule has 0 aliphatic carbocycles. The lowest BCUT2D eigenvalue weighted by Crippen LogP contribution is -2.09. The zero-order valence-corrected chi connectivity index (χ0v) is 16.8. The van der Waals surface area contributed by atoms with Crippen molar-refractivity contribution in [3.8, 4) is 22.9 Å². The van der Waals surface area contributed by atoms with Gasteiger partial charge in [0.1, 0.15) is 29.0 Å². The number of nitriles is 1. The Kier molecular flexibility index (Phi) is 6.58. The number of halogens is 2. The minimum absolute atomic E-state index is 0.248. The molecule has 30 heavy (non-hydrogen) atoms. The smallest absolute Gasteiger partial charge is 0.343 e. The molecule has 0 saturated carbocycles. The molecular formula is C25H21F2NO2. The Balaban J connectivity index is 1.71. The van der Waals surface area contributed by atoms with Gasteiger partial charge >= 0.3 is 5.97 Å². The lowest BCUT2D eigenvalue weighted by molar-refractivity contribution is 0.0734. The molecule has 0 amide bonds. The molecule has 3 aromatic carbocycles. The SMILES string of the molecule is CCC(C)Cc1ccc(-c2ccc(C(=O)Oc3cc(F)c(C#N)c(F)c3)cc2)cc1. The molecule has 0 radical (unpaired) electrons. The highest BCUT2D eigenvalue weighted by atomic mass is 19.1. The largest absolute Gasteiger partial charge is 0.423 e. The maximum Gasteiger partial charge on any atom is 0.343 e. The predicted molar refractivity (Wildman–Crippen MR) is 111 cm³/mol. The van der Waals surface area contributed by atoms with Crippen molar-refractivity contribution in [2.75, 3.05) is 0 Å². The van der Waals surface area contributed by atoms with E-state index in [1.807, 2.05) is 12.1 Å². The second-order valence-corrected chi connectivity index (χ2v) is 7.26. The number of benzene rings is 3. The molecule has 1 unspecified atom stereocenters. The van der Waals surface area contributed by atoms with Crippen LogP contribution in [-0.2, 0) is 6.42 Å². The molecule has 0 bridgehead atoms. The zero-order chi connectivity index (χ0) is 21.7. The Morgan fingerprint density at radius 3 is 2.03 bits per heavy atom. The van der Waals surface area contributed by atoms with Gasteiger partial charge in [-0.25, -0.2) is 13.6 Å². The lowest BCUT2D eigenvalue weighted by atomic mass is 9.96. The van der Waals surface area contributed by atoms with Gasteiger partial charge in [-0.1, -0.05) is 56.7 Å². The summed E-state index contributed by atoms with van der Waals surface area (Å²) in [5.74, 6) is -2.55. The van der Waals surface area contributed by atoms with Crippen LogP contribution in [0.4, 0.5) is 8.78 Å². The second-order valence-electron chi connectivity index (χ2n) is 7.26. The molecule has 0 aliphatic rings. The number of hydrogen-bond acceptors (Lipinski definition) is 3. The van der Waals surface area contributed by atoms with Gasteiger partial charge in [-0.05, 0) is 41.2 Å². The van der Waals surface area contributed by atoms with Crippen LogP contribution in [0.1, 0.15) is 41.8 Å². The summed E-state index contributed by atoms with van der Waals surface area (Å²) in [5, 5.41) is 8.70. The van der Waals surface area contributed by atoms with Gasteiger partial charge in [-0.15, -0.1) is 0 Å². The first-order valence-corrected chi connectivity index (χ1v) is 9.72. The third-order valence-corrected chi connectivity index (χ3v) is 5.03. The molecule has 0 fully saturated rings. The van der Waals surface area contributed by atoms with Gasteiger partial charge < -0.3 is 4.74 Å². The maximum absolute atomic E-state index is 13.7. The maximum atomic E-state index is 13.7. The van der Waals surface area contributed by atoms with Crippen LogP contribution in [0, 0.1) is 28.9 Å². The highest BCUT2D eigenvalue weighted by Crippen LogP contribution is 2.24. The van der Waals surface area contributed by atoms with Crippen LogP contribution in [0.15, 0.2) is 60.7 Å². The Morgan fingerprint density at radius 1 is 1.00 bits per heavy atom. The molecule has 0 heterocycles. The van der Waals surface area contributed by atoms with Crippen LogP contribution >= 0.6 is 0 Å². The average Bonchev–Trinajstić information content (AvgIpc) is 2.74. The quantitative estimate of drug-likeness (QED) is 0.357. The van der Waals surface area contributed by atoms with E-state index < -0.39 is 23.2 Å².